The molecule has 7 heteroatoms. The predicted octanol–water partition coefficient (Wildman–Crippen LogP) is 2.32. The topological polar surface area (TPSA) is 97.1 Å². The Morgan fingerprint density at radius 3 is 2.38 bits per heavy atom. The highest BCUT2D eigenvalue weighted by Crippen LogP contribution is 2.09. The van der Waals surface area contributed by atoms with Gasteiger partial charge < -0.3 is 16.4 Å². The number of carbonyl (C=O) groups is 1. The fourth-order valence-corrected chi connectivity index (χ4v) is 2.51. The summed E-state index contributed by atoms with van der Waals surface area (Å²) >= 11 is 0. The summed E-state index contributed by atoms with van der Waals surface area (Å²) in [5, 5.41) is 0. The van der Waals surface area contributed by atoms with E-state index in [2.05, 4.69) is 9.98 Å². The van der Waals surface area contributed by atoms with Crippen molar-refractivity contribution in [2.24, 2.45) is 21.5 Å². The van der Waals surface area contributed by atoms with Crippen LogP contribution in [0.1, 0.15) is 48.5 Å². The standard InChI is InChI=1S/C17H25N5O.ClH/c1-2-5-15(23)14-8-6-13(7-9-14)12-20-16(18)21-17(19)22-10-3-4-11-22;/h6-9H,2-5,10-12H2,1H3,(H4,18,19,20,21);1H. The zero-order valence-corrected chi connectivity index (χ0v) is 14.9. The molecule has 1 aromatic carbocycles. The Morgan fingerprint density at radius 1 is 1.17 bits per heavy atom. The largest absolute Gasteiger partial charge is 0.369 e. The Kier molecular flexibility index (Phi) is 8.26. The average molecular weight is 352 g/mol. The second-order valence-corrected chi connectivity index (χ2v) is 5.71. The number of nitrogens with zero attached hydrogens (tertiary/aromatic N) is 3. The third-order valence-electron chi connectivity index (χ3n) is 3.84. The molecule has 1 aromatic rings. The first-order valence-electron chi connectivity index (χ1n) is 8.11. The van der Waals surface area contributed by atoms with Gasteiger partial charge in [0.15, 0.2) is 11.7 Å². The van der Waals surface area contributed by atoms with Crippen LogP contribution in [0.15, 0.2) is 34.3 Å². The van der Waals surface area contributed by atoms with E-state index >= 15 is 0 Å². The van der Waals surface area contributed by atoms with Gasteiger partial charge in [-0.1, -0.05) is 31.2 Å². The highest BCUT2D eigenvalue weighted by atomic mass is 35.5. The van der Waals surface area contributed by atoms with Gasteiger partial charge in [-0.25, -0.2) is 4.99 Å². The van der Waals surface area contributed by atoms with Crippen molar-refractivity contribution in [3.63, 3.8) is 0 Å². The van der Waals surface area contributed by atoms with E-state index in [1.165, 1.54) is 0 Å². The smallest absolute Gasteiger partial charge is 0.218 e. The monoisotopic (exact) mass is 351 g/mol. The van der Waals surface area contributed by atoms with Crippen molar-refractivity contribution in [2.45, 2.75) is 39.2 Å². The minimum atomic E-state index is 0. The lowest BCUT2D eigenvalue weighted by Crippen LogP contribution is -2.36. The first kappa shape index (κ1) is 20.0. The van der Waals surface area contributed by atoms with E-state index < -0.39 is 0 Å². The summed E-state index contributed by atoms with van der Waals surface area (Å²) in [6.07, 6.45) is 3.71. The highest BCUT2D eigenvalue weighted by molar-refractivity contribution is 5.96. The number of halogens is 1. The maximum atomic E-state index is 11.8. The molecule has 1 heterocycles. The molecular formula is C17H26ClN5O. The molecule has 1 aliphatic heterocycles. The fraction of sp³-hybridized carbons (Fsp3) is 0.471. The molecule has 1 saturated heterocycles. The van der Waals surface area contributed by atoms with Gasteiger partial charge in [0.1, 0.15) is 0 Å². The molecular weight excluding hydrogens is 326 g/mol. The van der Waals surface area contributed by atoms with Crippen LogP contribution in [-0.4, -0.2) is 35.7 Å². The molecule has 1 aliphatic rings. The van der Waals surface area contributed by atoms with Crippen molar-refractivity contribution in [1.82, 2.24) is 4.90 Å². The van der Waals surface area contributed by atoms with Crippen LogP contribution < -0.4 is 11.5 Å². The van der Waals surface area contributed by atoms with Gasteiger partial charge in [-0.2, -0.15) is 4.99 Å². The minimum absolute atomic E-state index is 0. The van der Waals surface area contributed by atoms with Gasteiger partial charge in [-0.3, -0.25) is 4.79 Å². The van der Waals surface area contributed by atoms with Gasteiger partial charge in [-0.15, -0.1) is 12.4 Å². The van der Waals surface area contributed by atoms with Crippen LogP contribution in [0, 0.1) is 0 Å². The van der Waals surface area contributed by atoms with Crippen LogP contribution in [0.4, 0.5) is 0 Å². The molecule has 132 valence electrons. The first-order valence-corrected chi connectivity index (χ1v) is 8.11. The Bertz CT molecular complexity index is 592. The molecule has 0 atom stereocenters. The normalized spacial score (nSPS) is 15.3. The zero-order valence-electron chi connectivity index (χ0n) is 14.1. The lowest BCUT2D eigenvalue weighted by molar-refractivity contribution is 0.0981. The predicted molar refractivity (Wildman–Crippen MR) is 101 cm³/mol. The molecule has 24 heavy (non-hydrogen) atoms. The first-order chi connectivity index (χ1) is 11.1. The molecule has 0 bridgehead atoms. The van der Waals surface area contributed by atoms with Crippen molar-refractivity contribution in [2.75, 3.05) is 13.1 Å². The molecule has 0 radical (unpaired) electrons. The molecule has 4 N–H and O–H groups in total. The highest BCUT2D eigenvalue weighted by Gasteiger charge is 2.13. The van der Waals surface area contributed by atoms with E-state index in [1.54, 1.807) is 0 Å². The SMILES string of the molecule is CCCC(=O)c1ccc(CN=C(N)N=C(N)N2CCCC2)cc1.Cl. The van der Waals surface area contributed by atoms with E-state index in [4.69, 9.17) is 11.5 Å². The second-order valence-electron chi connectivity index (χ2n) is 5.71. The quantitative estimate of drug-likeness (QED) is 0.483. The van der Waals surface area contributed by atoms with Crippen molar-refractivity contribution in [3.05, 3.63) is 35.4 Å². The molecule has 0 aromatic heterocycles. The van der Waals surface area contributed by atoms with E-state index in [0.29, 0.717) is 18.9 Å². The number of nitrogens with two attached hydrogens (primary N) is 2. The summed E-state index contributed by atoms with van der Waals surface area (Å²) in [6, 6.07) is 7.46. The number of benzene rings is 1. The third kappa shape index (κ3) is 5.85. The number of aliphatic imine (C=N–C) groups is 2. The number of hydrogen-bond donors (Lipinski definition) is 2. The van der Waals surface area contributed by atoms with Crippen LogP contribution in [0.3, 0.4) is 0 Å². The summed E-state index contributed by atoms with van der Waals surface area (Å²) < 4.78 is 0. The van der Waals surface area contributed by atoms with Crippen molar-refractivity contribution in [1.29, 1.82) is 0 Å². The average Bonchev–Trinajstić information content (AvgIpc) is 3.08. The van der Waals surface area contributed by atoms with Crippen molar-refractivity contribution >= 4 is 30.1 Å². The lowest BCUT2D eigenvalue weighted by Gasteiger charge is -2.15. The molecule has 2 rings (SSSR count). The maximum Gasteiger partial charge on any atom is 0.218 e. The van der Waals surface area contributed by atoms with E-state index in [0.717, 1.165) is 43.5 Å². The number of Topliss-reactive ketones (excluding diaryl/α,β-unsaturated/α-hetero) is 1. The van der Waals surface area contributed by atoms with Gasteiger partial charge >= 0.3 is 0 Å². The number of guanidine groups is 2. The Hall–Kier alpha value is -2.08. The number of carbonyl (C=O) groups excluding carboxylic acids is 1. The van der Waals surface area contributed by atoms with E-state index in [9.17, 15) is 4.79 Å². The van der Waals surface area contributed by atoms with E-state index in [-0.39, 0.29) is 24.1 Å². The number of hydrogen-bond acceptors (Lipinski definition) is 2. The van der Waals surface area contributed by atoms with Gasteiger partial charge in [-0.05, 0) is 24.8 Å². The van der Waals surface area contributed by atoms with Gasteiger partial charge in [0, 0.05) is 25.1 Å². The third-order valence-corrected chi connectivity index (χ3v) is 3.84. The molecule has 0 amide bonds. The van der Waals surface area contributed by atoms with Crippen LogP contribution in [-0.2, 0) is 6.54 Å². The fourth-order valence-electron chi connectivity index (χ4n) is 2.51. The summed E-state index contributed by atoms with van der Waals surface area (Å²) in [7, 11) is 0. The summed E-state index contributed by atoms with van der Waals surface area (Å²) in [6.45, 7) is 4.27. The number of rotatable bonds is 5. The van der Waals surface area contributed by atoms with Crippen molar-refractivity contribution in [3.8, 4) is 0 Å². The molecule has 0 unspecified atom stereocenters. The lowest BCUT2D eigenvalue weighted by atomic mass is 10.1. The number of ketones is 1. The molecule has 0 aliphatic carbocycles. The van der Waals surface area contributed by atoms with Crippen LogP contribution in [0.2, 0.25) is 0 Å². The molecule has 1 fully saturated rings. The van der Waals surface area contributed by atoms with E-state index in [1.807, 2.05) is 36.1 Å². The van der Waals surface area contributed by atoms with Crippen LogP contribution in [0.5, 0.6) is 0 Å². The summed E-state index contributed by atoms with van der Waals surface area (Å²) in [5.41, 5.74) is 13.4. The van der Waals surface area contributed by atoms with Crippen LogP contribution >= 0.6 is 12.4 Å². The molecule has 6 nitrogen and oxygen atoms in total. The number of likely N-dealkylation sites (tertiary alicyclic amines) is 1. The second kappa shape index (κ2) is 9.93. The summed E-state index contributed by atoms with van der Waals surface area (Å²) in [5.74, 6) is 0.787. The maximum absolute atomic E-state index is 11.8. The minimum Gasteiger partial charge on any atom is -0.369 e. The van der Waals surface area contributed by atoms with Gasteiger partial charge in [0.2, 0.25) is 5.96 Å². The van der Waals surface area contributed by atoms with Gasteiger partial charge in [0.05, 0.1) is 6.54 Å². The Balaban J connectivity index is 0.00000288. The Labute approximate surface area is 149 Å². The van der Waals surface area contributed by atoms with Crippen molar-refractivity contribution < 1.29 is 4.79 Å². The molecule has 0 spiro atoms. The van der Waals surface area contributed by atoms with Gasteiger partial charge in [0.25, 0.3) is 0 Å². The summed E-state index contributed by atoms with van der Waals surface area (Å²) in [4.78, 5) is 22.2. The zero-order chi connectivity index (χ0) is 16.7. The molecule has 0 saturated carbocycles. The van der Waals surface area contributed by atoms with Crippen LogP contribution in [0.25, 0.3) is 0 Å². The Morgan fingerprint density at radius 2 is 1.79 bits per heavy atom.